The highest BCUT2D eigenvalue weighted by atomic mass is 32.1. The topological polar surface area (TPSA) is 33.3 Å². The molecule has 0 spiro atoms. The highest BCUT2D eigenvalue weighted by molar-refractivity contribution is 7.08. The molecule has 1 saturated heterocycles. The largest absolute Gasteiger partial charge is 0.494 e. The molecule has 2 aromatic rings. The molecule has 0 aliphatic carbocycles. The molecule has 0 amide bonds. The van der Waals surface area contributed by atoms with Crippen molar-refractivity contribution >= 4 is 23.5 Å². The van der Waals surface area contributed by atoms with Crippen molar-refractivity contribution in [3.05, 3.63) is 51.7 Å². The first-order valence-electron chi connectivity index (χ1n) is 8.22. The maximum Gasteiger partial charge on any atom is 0.120 e. The molecule has 1 aromatic carbocycles. The summed E-state index contributed by atoms with van der Waals surface area (Å²) in [6, 6.07) is 8.60. The second kappa shape index (κ2) is 8.29. The fourth-order valence-electron chi connectivity index (χ4n) is 2.61. The van der Waals surface area contributed by atoms with Gasteiger partial charge in [-0.3, -0.25) is 0 Å². The summed E-state index contributed by atoms with van der Waals surface area (Å²) in [5.41, 5.74) is 3.70. The Balaban J connectivity index is 1.67. The molecule has 2 N–H and O–H groups in total. The number of hydrogen-bond acceptors (Lipinski definition) is 4. The smallest absolute Gasteiger partial charge is 0.120 e. The van der Waals surface area contributed by atoms with Gasteiger partial charge in [-0.15, -0.1) is 0 Å². The summed E-state index contributed by atoms with van der Waals surface area (Å²) >= 11 is 1.72. The fraction of sp³-hybridized carbons (Fsp3) is 0.368. The molecule has 0 unspecified atom stereocenters. The Morgan fingerprint density at radius 2 is 2.13 bits per heavy atom. The number of nitrogens with one attached hydrogen (secondary N) is 2. The Labute approximate surface area is 142 Å². The summed E-state index contributed by atoms with van der Waals surface area (Å²) in [4.78, 5) is 0. The second-order valence-electron chi connectivity index (χ2n) is 5.89. The molecule has 0 atom stereocenters. The van der Waals surface area contributed by atoms with Gasteiger partial charge in [0, 0.05) is 26.2 Å². The molecule has 0 bridgehead atoms. The van der Waals surface area contributed by atoms with Crippen LogP contribution in [0.15, 0.2) is 35.0 Å². The van der Waals surface area contributed by atoms with Crippen LogP contribution in [-0.4, -0.2) is 26.2 Å². The monoisotopic (exact) mass is 328 g/mol. The lowest BCUT2D eigenvalue weighted by Crippen LogP contribution is -2.47. The van der Waals surface area contributed by atoms with Gasteiger partial charge in [0.1, 0.15) is 5.75 Å². The van der Waals surface area contributed by atoms with Crippen LogP contribution in [0.25, 0.3) is 12.2 Å². The van der Waals surface area contributed by atoms with Crippen molar-refractivity contribution in [2.24, 2.45) is 5.92 Å². The summed E-state index contributed by atoms with van der Waals surface area (Å²) in [5, 5.41) is 11.1. The zero-order chi connectivity index (χ0) is 15.9. The van der Waals surface area contributed by atoms with E-state index in [9.17, 15) is 0 Å². The first-order valence-corrected chi connectivity index (χ1v) is 9.16. The second-order valence-corrected chi connectivity index (χ2v) is 6.67. The zero-order valence-electron chi connectivity index (χ0n) is 13.5. The lowest BCUT2D eigenvalue weighted by atomic mass is 10.0. The maximum absolute atomic E-state index is 5.71. The van der Waals surface area contributed by atoms with Crippen molar-refractivity contribution in [2.45, 2.75) is 13.5 Å². The van der Waals surface area contributed by atoms with Crippen molar-refractivity contribution in [3.8, 4) is 5.75 Å². The minimum atomic E-state index is 0.693. The lowest BCUT2D eigenvalue weighted by Gasteiger charge is -2.27. The molecule has 2 heterocycles. The minimum Gasteiger partial charge on any atom is -0.494 e. The fourth-order valence-corrected chi connectivity index (χ4v) is 3.24. The number of thiophene rings is 1. The van der Waals surface area contributed by atoms with Crippen LogP contribution < -0.4 is 15.4 Å². The van der Waals surface area contributed by atoms with E-state index in [-0.39, 0.29) is 0 Å². The van der Waals surface area contributed by atoms with Crippen molar-refractivity contribution in [2.75, 3.05) is 26.2 Å². The number of benzene rings is 1. The Morgan fingerprint density at radius 3 is 2.83 bits per heavy atom. The van der Waals surface area contributed by atoms with Crippen LogP contribution in [-0.2, 0) is 6.54 Å². The number of hydrogen-bond donors (Lipinski definition) is 2. The van der Waals surface area contributed by atoms with Gasteiger partial charge in [0.2, 0.25) is 0 Å². The minimum absolute atomic E-state index is 0.693. The van der Waals surface area contributed by atoms with Gasteiger partial charge < -0.3 is 15.4 Å². The zero-order valence-corrected chi connectivity index (χ0v) is 14.4. The highest BCUT2D eigenvalue weighted by Gasteiger charge is 2.15. The quantitative estimate of drug-likeness (QED) is 0.776. The van der Waals surface area contributed by atoms with E-state index in [1.807, 2.05) is 6.92 Å². The third kappa shape index (κ3) is 4.93. The Kier molecular flexibility index (Phi) is 5.86. The van der Waals surface area contributed by atoms with Crippen LogP contribution in [0.1, 0.15) is 23.6 Å². The van der Waals surface area contributed by atoms with Crippen LogP contribution in [0.5, 0.6) is 5.75 Å². The van der Waals surface area contributed by atoms with E-state index >= 15 is 0 Å². The Bertz CT molecular complexity index is 633. The SMILES string of the molecule is CCOc1cc(/C=C/c2ccsc2)cc(CNCC2CNC2)c1. The van der Waals surface area contributed by atoms with Gasteiger partial charge in [0.05, 0.1) is 6.61 Å². The normalized spacial score (nSPS) is 15.0. The first-order chi connectivity index (χ1) is 11.3. The average molecular weight is 328 g/mol. The summed E-state index contributed by atoms with van der Waals surface area (Å²) in [6.45, 7) is 6.96. The van der Waals surface area contributed by atoms with Gasteiger partial charge in [-0.2, -0.15) is 11.3 Å². The molecule has 0 saturated carbocycles. The molecule has 23 heavy (non-hydrogen) atoms. The molecular formula is C19H24N2OS. The summed E-state index contributed by atoms with van der Waals surface area (Å²) in [7, 11) is 0. The molecule has 4 heteroatoms. The average Bonchev–Trinajstić information content (AvgIpc) is 3.01. The molecule has 1 aromatic heterocycles. The highest BCUT2D eigenvalue weighted by Crippen LogP contribution is 2.20. The van der Waals surface area contributed by atoms with Crippen LogP contribution in [0, 0.1) is 5.92 Å². The van der Waals surface area contributed by atoms with E-state index in [1.54, 1.807) is 11.3 Å². The number of rotatable bonds is 8. The summed E-state index contributed by atoms with van der Waals surface area (Å²) < 4.78 is 5.71. The Morgan fingerprint density at radius 1 is 1.26 bits per heavy atom. The van der Waals surface area contributed by atoms with E-state index in [4.69, 9.17) is 4.74 Å². The molecule has 1 aliphatic rings. The maximum atomic E-state index is 5.71. The van der Waals surface area contributed by atoms with Gasteiger partial charge in [0.15, 0.2) is 0 Å². The van der Waals surface area contributed by atoms with Crippen LogP contribution in [0.2, 0.25) is 0 Å². The molecule has 1 aliphatic heterocycles. The van der Waals surface area contributed by atoms with Crippen molar-refractivity contribution < 1.29 is 4.74 Å². The molecule has 0 radical (unpaired) electrons. The third-order valence-electron chi connectivity index (χ3n) is 3.94. The van der Waals surface area contributed by atoms with E-state index in [2.05, 4.69) is 57.8 Å². The van der Waals surface area contributed by atoms with Crippen molar-refractivity contribution in [1.29, 1.82) is 0 Å². The summed E-state index contributed by atoms with van der Waals surface area (Å²) in [5.74, 6) is 1.73. The van der Waals surface area contributed by atoms with Crippen molar-refractivity contribution in [3.63, 3.8) is 0 Å². The molecule has 3 nitrogen and oxygen atoms in total. The van der Waals surface area contributed by atoms with Crippen LogP contribution in [0.4, 0.5) is 0 Å². The summed E-state index contributed by atoms with van der Waals surface area (Å²) in [6.07, 6.45) is 4.31. The molecular weight excluding hydrogens is 304 g/mol. The predicted octanol–water partition coefficient (Wildman–Crippen LogP) is 3.63. The van der Waals surface area contributed by atoms with Crippen molar-refractivity contribution in [1.82, 2.24) is 10.6 Å². The lowest BCUT2D eigenvalue weighted by molar-refractivity contribution is 0.330. The standard InChI is InChI=1S/C19H24N2OS/c1-2-22-19-8-16(4-3-15-5-6-23-14-15)7-17(9-19)10-20-11-18-12-21-13-18/h3-9,14,18,20-21H,2,10-13H2,1H3/b4-3+. The van der Waals surface area contributed by atoms with Gasteiger partial charge >= 0.3 is 0 Å². The Hall–Kier alpha value is -1.62. The van der Waals surface area contributed by atoms with Crippen LogP contribution >= 0.6 is 11.3 Å². The van der Waals surface area contributed by atoms with Crippen LogP contribution in [0.3, 0.4) is 0 Å². The predicted molar refractivity (Wildman–Crippen MR) is 98.9 cm³/mol. The van der Waals surface area contributed by atoms with Gasteiger partial charge in [0.25, 0.3) is 0 Å². The van der Waals surface area contributed by atoms with Gasteiger partial charge in [-0.25, -0.2) is 0 Å². The van der Waals surface area contributed by atoms with E-state index in [0.29, 0.717) is 6.61 Å². The van der Waals surface area contributed by atoms with E-state index < -0.39 is 0 Å². The molecule has 122 valence electrons. The third-order valence-corrected chi connectivity index (χ3v) is 4.64. The van der Waals surface area contributed by atoms with E-state index in [1.165, 1.54) is 16.7 Å². The van der Waals surface area contributed by atoms with E-state index in [0.717, 1.165) is 37.8 Å². The number of ether oxygens (including phenoxy) is 1. The molecule has 3 rings (SSSR count). The van der Waals surface area contributed by atoms with Gasteiger partial charge in [-0.1, -0.05) is 18.2 Å². The molecule has 1 fully saturated rings. The van der Waals surface area contributed by atoms with Gasteiger partial charge in [-0.05, 0) is 58.5 Å². The first kappa shape index (κ1) is 16.2.